The van der Waals surface area contributed by atoms with Gasteiger partial charge in [-0.1, -0.05) is 36.4 Å². The van der Waals surface area contributed by atoms with Crippen molar-refractivity contribution in [2.45, 2.75) is 11.3 Å². The zero-order valence-corrected chi connectivity index (χ0v) is 17.5. The molecule has 0 atom stereocenters. The molecule has 2 N–H and O–H groups in total. The predicted molar refractivity (Wildman–Crippen MR) is 119 cm³/mol. The van der Waals surface area contributed by atoms with E-state index in [0.29, 0.717) is 18.7 Å². The second-order valence-electron chi connectivity index (χ2n) is 6.72. The Balaban J connectivity index is 1.47. The van der Waals surface area contributed by atoms with Crippen molar-refractivity contribution in [2.24, 2.45) is 0 Å². The lowest BCUT2D eigenvalue weighted by atomic mass is 10.0. The Kier molecular flexibility index (Phi) is 7.63. The van der Waals surface area contributed by atoms with Crippen LogP contribution in [0.1, 0.15) is 15.9 Å². The Hall–Kier alpha value is -3.12. The number of amides is 2. The summed E-state index contributed by atoms with van der Waals surface area (Å²) in [5.41, 5.74) is 3.33. The zero-order chi connectivity index (χ0) is 21.3. The SMILES string of the molecule is CSc1ccc(-c2cccc(C(=O)NCCNC(=O)Cc3ccc(F)cc3)c2)cc1. The fourth-order valence-corrected chi connectivity index (χ4v) is 3.36. The maximum Gasteiger partial charge on any atom is 0.251 e. The van der Waals surface area contributed by atoms with Crippen LogP contribution in [0.3, 0.4) is 0 Å². The second-order valence-corrected chi connectivity index (χ2v) is 7.60. The normalized spacial score (nSPS) is 10.5. The van der Waals surface area contributed by atoms with Crippen molar-refractivity contribution in [3.8, 4) is 11.1 Å². The summed E-state index contributed by atoms with van der Waals surface area (Å²) in [5.74, 6) is -0.695. The molecular formula is C24H23FN2O2S. The molecule has 0 bridgehead atoms. The summed E-state index contributed by atoms with van der Waals surface area (Å²) in [6.07, 6.45) is 2.21. The molecule has 30 heavy (non-hydrogen) atoms. The van der Waals surface area contributed by atoms with Crippen LogP contribution >= 0.6 is 11.8 Å². The Morgan fingerprint density at radius 1 is 0.867 bits per heavy atom. The van der Waals surface area contributed by atoms with Crippen LogP contribution in [0.15, 0.2) is 77.7 Å². The van der Waals surface area contributed by atoms with E-state index in [9.17, 15) is 14.0 Å². The number of carbonyl (C=O) groups is 2. The first-order chi connectivity index (χ1) is 14.5. The highest BCUT2D eigenvalue weighted by atomic mass is 32.2. The molecule has 0 saturated heterocycles. The van der Waals surface area contributed by atoms with Gasteiger partial charge in [0.2, 0.25) is 5.91 Å². The van der Waals surface area contributed by atoms with Crippen molar-refractivity contribution in [1.29, 1.82) is 0 Å². The molecule has 4 nitrogen and oxygen atoms in total. The maximum atomic E-state index is 12.9. The molecule has 0 spiro atoms. The Bertz CT molecular complexity index is 1000. The van der Waals surface area contributed by atoms with Gasteiger partial charge in [-0.2, -0.15) is 0 Å². The number of benzene rings is 3. The van der Waals surface area contributed by atoms with Crippen LogP contribution in [-0.2, 0) is 11.2 Å². The Morgan fingerprint density at radius 2 is 1.57 bits per heavy atom. The second kappa shape index (κ2) is 10.6. The summed E-state index contributed by atoms with van der Waals surface area (Å²) in [6, 6.07) is 21.5. The molecule has 3 aromatic rings. The summed E-state index contributed by atoms with van der Waals surface area (Å²) in [6.45, 7) is 0.641. The van der Waals surface area contributed by atoms with Gasteiger partial charge >= 0.3 is 0 Å². The summed E-state index contributed by atoms with van der Waals surface area (Å²) in [7, 11) is 0. The first-order valence-corrected chi connectivity index (χ1v) is 10.8. The van der Waals surface area contributed by atoms with Crippen LogP contribution in [0, 0.1) is 5.82 Å². The van der Waals surface area contributed by atoms with Crippen molar-refractivity contribution in [1.82, 2.24) is 10.6 Å². The van der Waals surface area contributed by atoms with Gasteiger partial charge in [-0.15, -0.1) is 11.8 Å². The third-order valence-electron chi connectivity index (χ3n) is 4.56. The van der Waals surface area contributed by atoms with Gasteiger partial charge in [0.05, 0.1) is 6.42 Å². The molecule has 0 fully saturated rings. The maximum absolute atomic E-state index is 12.9. The third-order valence-corrected chi connectivity index (χ3v) is 5.30. The molecule has 0 unspecified atom stereocenters. The molecule has 3 rings (SSSR count). The van der Waals surface area contributed by atoms with Gasteiger partial charge in [0.25, 0.3) is 5.91 Å². The summed E-state index contributed by atoms with van der Waals surface area (Å²) in [5, 5.41) is 5.57. The number of hydrogen-bond acceptors (Lipinski definition) is 3. The number of rotatable bonds is 8. The lowest BCUT2D eigenvalue weighted by Crippen LogP contribution is -2.35. The van der Waals surface area contributed by atoms with Gasteiger partial charge in [0.15, 0.2) is 0 Å². The highest BCUT2D eigenvalue weighted by Crippen LogP contribution is 2.23. The quantitative estimate of drug-likeness (QED) is 0.420. The minimum absolute atomic E-state index is 0.172. The molecule has 0 radical (unpaired) electrons. The van der Waals surface area contributed by atoms with Crippen LogP contribution in [0.25, 0.3) is 11.1 Å². The highest BCUT2D eigenvalue weighted by Gasteiger charge is 2.08. The summed E-state index contributed by atoms with van der Waals surface area (Å²) < 4.78 is 12.9. The Morgan fingerprint density at radius 3 is 2.27 bits per heavy atom. The smallest absolute Gasteiger partial charge is 0.251 e. The fraction of sp³-hybridized carbons (Fsp3) is 0.167. The minimum Gasteiger partial charge on any atom is -0.354 e. The molecular weight excluding hydrogens is 399 g/mol. The van der Waals surface area contributed by atoms with Crippen molar-refractivity contribution in [3.63, 3.8) is 0 Å². The average Bonchev–Trinajstić information content (AvgIpc) is 2.78. The molecule has 154 valence electrons. The number of halogens is 1. The van der Waals surface area contributed by atoms with E-state index >= 15 is 0 Å². The molecule has 6 heteroatoms. The number of hydrogen-bond donors (Lipinski definition) is 2. The number of thioether (sulfide) groups is 1. The lowest BCUT2D eigenvalue weighted by Gasteiger charge is -2.09. The number of carbonyl (C=O) groups excluding carboxylic acids is 2. The number of nitrogens with one attached hydrogen (secondary N) is 2. The van der Waals surface area contributed by atoms with E-state index < -0.39 is 0 Å². The van der Waals surface area contributed by atoms with Crippen LogP contribution in [0.2, 0.25) is 0 Å². The topological polar surface area (TPSA) is 58.2 Å². The van der Waals surface area contributed by atoms with Crippen molar-refractivity contribution < 1.29 is 14.0 Å². The zero-order valence-electron chi connectivity index (χ0n) is 16.7. The molecule has 2 amide bonds. The van der Waals surface area contributed by atoms with Gasteiger partial charge in [-0.05, 0) is 59.3 Å². The molecule has 0 aliphatic rings. The highest BCUT2D eigenvalue weighted by molar-refractivity contribution is 7.98. The van der Waals surface area contributed by atoms with Crippen LogP contribution in [-0.4, -0.2) is 31.2 Å². The van der Waals surface area contributed by atoms with Gasteiger partial charge in [-0.25, -0.2) is 4.39 Å². The van der Waals surface area contributed by atoms with E-state index in [4.69, 9.17) is 0 Å². The van der Waals surface area contributed by atoms with E-state index in [1.807, 2.05) is 36.6 Å². The van der Waals surface area contributed by atoms with Crippen LogP contribution < -0.4 is 10.6 Å². The lowest BCUT2D eigenvalue weighted by molar-refractivity contribution is -0.120. The summed E-state index contributed by atoms with van der Waals surface area (Å²) in [4.78, 5) is 25.6. The van der Waals surface area contributed by atoms with Crippen LogP contribution in [0.4, 0.5) is 4.39 Å². The van der Waals surface area contributed by atoms with E-state index in [0.717, 1.165) is 16.7 Å². The monoisotopic (exact) mass is 422 g/mol. The molecule has 0 heterocycles. The first-order valence-electron chi connectivity index (χ1n) is 9.59. The molecule has 0 saturated carbocycles. The molecule has 0 aromatic heterocycles. The summed E-state index contributed by atoms with van der Waals surface area (Å²) >= 11 is 1.69. The van der Waals surface area contributed by atoms with E-state index in [1.54, 1.807) is 30.0 Å². The van der Waals surface area contributed by atoms with Crippen molar-refractivity contribution in [2.75, 3.05) is 19.3 Å². The standard InChI is InChI=1S/C24H23FN2O2S/c1-30-22-11-7-18(8-12-22)19-3-2-4-20(16-19)24(29)27-14-13-26-23(28)15-17-5-9-21(25)10-6-17/h2-12,16H,13-15H2,1H3,(H,26,28)(H,27,29). The van der Waals surface area contributed by atoms with Gasteiger partial charge < -0.3 is 10.6 Å². The minimum atomic E-state index is -0.331. The van der Waals surface area contributed by atoms with Gasteiger partial charge in [0.1, 0.15) is 5.82 Å². The van der Waals surface area contributed by atoms with Crippen molar-refractivity contribution in [3.05, 3.63) is 89.7 Å². The molecule has 3 aromatic carbocycles. The van der Waals surface area contributed by atoms with Gasteiger partial charge in [-0.3, -0.25) is 9.59 Å². The fourth-order valence-electron chi connectivity index (χ4n) is 2.95. The molecule has 0 aliphatic heterocycles. The largest absolute Gasteiger partial charge is 0.354 e. The third kappa shape index (κ3) is 6.19. The van der Waals surface area contributed by atoms with Crippen molar-refractivity contribution >= 4 is 23.6 Å². The van der Waals surface area contributed by atoms with E-state index in [2.05, 4.69) is 22.8 Å². The van der Waals surface area contributed by atoms with Gasteiger partial charge in [0, 0.05) is 23.5 Å². The predicted octanol–water partition coefficient (Wildman–Crippen LogP) is 4.30. The first kappa shape index (κ1) is 21.6. The molecule has 0 aliphatic carbocycles. The Labute approximate surface area is 179 Å². The average molecular weight is 423 g/mol. The van der Waals surface area contributed by atoms with E-state index in [-0.39, 0.29) is 24.1 Å². The van der Waals surface area contributed by atoms with Crippen LogP contribution in [0.5, 0.6) is 0 Å². The van der Waals surface area contributed by atoms with E-state index in [1.165, 1.54) is 17.0 Å².